The third-order valence-electron chi connectivity index (χ3n) is 10.2. The Hall–Kier alpha value is -6.67. The standard InChI is InChI=1S/C8H11N.C7H12N2.C7H10N2.C6H10N2O.C6H10N2S.C6H10N2.C6H9NO.C6H9NS.C5H9N3.6C2H6.9CH4/c1-7(2)8-3-5-9-6-4-8;1-6(2)7-4-8-9(3)5-7;1-6(2)7-3-4-8-5-9-7;1-4(2)6-8-7-5(3)9-6;1-4(2)6-7-5(3)8-9-6;1-6(2)8-4-3-7-5-8;2*1-5(2)6-3-7-4-8-6;1-5(2)8-4-6-3-7-8;6*1-2;;;;;;;;;/h3-7H,1-2H3;4-6H,1-3H3;3-6H,1-2H3;2*4H,1-3H3;3-6H,1-2H3;3*3-5H,1-2H3;6*1-2H3;9*1H4. The highest BCUT2D eigenvalue weighted by atomic mass is 32.1. The molecule has 9 aromatic heterocycles. The van der Waals surface area contributed by atoms with Crippen molar-refractivity contribution in [2.75, 3.05) is 0 Å². The van der Waals surface area contributed by atoms with Crippen LogP contribution in [-0.2, 0) is 7.05 Å². The Balaban J connectivity index is -0.0000000590. The lowest BCUT2D eigenvalue weighted by Crippen LogP contribution is -1.99. The second kappa shape index (κ2) is 86.4. The van der Waals surface area contributed by atoms with Crippen LogP contribution in [0.15, 0.2) is 120 Å². The van der Waals surface area contributed by atoms with Crippen LogP contribution in [0.2, 0.25) is 0 Å². The molecule has 0 radical (unpaired) electrons. The number of hydrogen-bond acceptors (Lipinski definition) is 17. The summed E-state index contributed by atoms with van der Waals surface area (Å²) in [5, 5.41) is 16.6. The molecule has 0 fully saturated rings. The van der Waals surface area contributed by atoms with Crippen molar-refractivity contribution in [3.63, 3.8) is 0 Å². The number of pyridine rings is 1. The van der Waals surface area contributed by atoms with E-state index in [1.165, 1.54) is 33.9 Å². The number of thiazole rings is 1. The molecule has 18 nitrogen and oxygen atoms in total. The first-order valence-electron chi connectivity index (χ1n) is 32.3. The first kappa shape index (κ1) is 128. The van der Waals surface area contributed by atoms with E-state index in [0.717, 1.165) is 22.3 Å². The Bertz CT molecular complexity index is 2380. The van der Waals surface area contributed by atoms with Crippen molar-refractivity contribution >= 4 is 22.9 Å². The lowest BCUT2D eigenvalue weighted by Gasteiger charge is -2.02. The summed E-state index contributed by atoms with van der Waals surface area (Å²) in [6.07, 6.45) is 24.9. The molecule has 0 spiro atoms. The van der Waals surface area contributed by atoms with E-state index in [1.54, 1.807) is 60.5 Å². The summed E-state index contributed by atoms with van der Waals surface area (Å²) >= 11 is 3.22. The summed E-state index contributed by atoms with van der Waals surface area (Å²) in [7, 11) is 1.94. The van der Waals surface area contributed by atoms with Gasteiger partial charge >= 0.3 is 0 Å². The molecule has 9 rings (SSSR count). The van der Waals surface area contributed by atoms with Crippen molar-refractivity contribution in [1.29, 1.82) is 0 Å². The first-order valence-corrected chi connectivity index (χ1v) is 33.9. The number of oxazole rings is 1. The Morgan fingerprint density at radius 3 is 1.19 bits per heavy atom. The first-order chi connectivity index (χ1) is 42.4. The van der Waals surface area contributed by atoms with Gasteiger partial charge in [0.2, 0.25) is 11.8 Å². The van der Waals surface area contributed by atoms with Crippen LogP contribution in [0.4, 0.5) is 0 Å². The molecular weight excluding hydrogens is 1260 g/mol. The van der Waals surface area contributed by atoms with Gasteiger partial charge in [-0.1, -0.05) is 247 Å². The average Bonchev–Trinajstić information content (AvgIpc) is 1.55. The quantitative estimate of drug-likeness (QED) is 0.132. The summed E-state index contributed by atoms with van der Waals surface area (Å²) in [5.74, 6) is 6.88. The Morgan fingerprint density at radius 2 is 0.990 bits per heavy atom. The molecule has 0 aromatic carbocycles. The summed E-state index contributed by atoms with van der Waals surface area (Å²) in [5.41, 5.74) is 5.63. The van der Waals surface area contributed by atoms with Crippen molar-refractivity contribution < 1.29 is 8.83 Å². The minimum atomic E-state index is 0. The zero-order valence-electron chi connectivity index (χ0n) is 61.9. The number of aromatic nitrogens is 16. The number of aryl methyl sites for hydroxylation is 3. The van der Waals surface area contributed by atoms with Gasteiger partial charge in [0.15, 0.2) is 6.39 Å². The van der Waals surface area contributed by atoms with E-state index in [-0.39, 0.29) is 66.8 Å². The molecule has 9 heterocycles. The van der Waals surface area contributed by atoms with Crippen LogP contribution in [0.1, 0.15) is 378 Å². The maximum absolute atomic E-state index is 5.12. The van der Waals surface area contributed by atoms with Crippen LogP contribution in [0, 0.1) is 13.8 Å². The van der Waals surface area contributed by atoms with Crippen LogP contribution in [0.3, 0.4) is 0 Å². The molecule has 20 heteroatoms. The predicted molar refractivity (Wildman–Crippen MR) is 442 cm³/mol. The van der Waals surface area contributed by atoms with Gasteiger partial charge < -0.3 is 13.4 Å². The average molecular weight is 1420 g/mol. The molecule has 578 valence electrons. The predicted octanol–water partition coefficient (Wildman–Crippen LogP) is 27.1. The maximum atomic E-state index is 5.12. The van der Waals surface area contributed by atoms with Gasteiger partial charge in [-0.15, -0.1) is 21.5 Å². The number of rotatable bonds is 9. The SMILES string of the molecule is C.C.C.C.C.C.C.C.C.CC.CC.CC.CC.CC.CC.CC(C)c1ccncc1.CC(C)c1ccncn1.CC(C)c1cnco1.CC(C)c1cncs1.CC(C)c1cnn(C)c1.CC(C)n1ccnc1.CC(C)n1cncn1.Cc1nnc(C(C)C)o1.Cc1nsc(C(C)C)n1. The van der Waals surface area contributed by atoms with E-state index in [2.05, 4.69) is 180 Å². The van der Waals surface area contributed by atoms with E-state index >= 15 is 0 Å². The van der Waals surface area contributed by atoms with Crippen molar-refractivity contribution in [2.24, 2.45) is 7.05 Å². The van der Waals surface area contributed by atoms with Gasteiger partial charge in [0.05, 0.1) is 24.2 Å². The summed E-state index contributed by atoms with van der Waals surface area (Å²) < 4.78 is 19.9. The van der Waals surface area contributed by atoms with Crippen LogP contribution < -0.4 is 0 Å². The fourth-order valence-corrected chi connectivity index (χ4v) is 6.59. The molecule has 0 aliphatic rings. The second-order valence-electron chi connectivity index (χ2n) is 20.2. The third kappa shape index (κ3) is 69.2. The van der Waals surface area contributed by atoms with Crippen LogP contribution in [0.25, 0.3) is 0 Å². The molecule has 98 heavy (non-hydrogen) atoms. The summed E-state index contributed by atoms with van der Waals surface area (Å²) in [6, 6.07) is 7.00. The fourth-order valence-electron chi connectivity index (χ4n) is 5.30. The highest BCUT2D eigenvalue weighted by Gasteiger charge is 2.06. The van der Waals surface area contributed by atoms with Gasteiger partial charge in [0.25, 0.3) is 0 Å². The molecular formula is C78H162N16O2S2. The normalized spacial score (nSPS) is 8.55. The van der Waals surface area contributed by atoms with E-state index in [9.17, 15) is 0 Å². The zero-order chi connectivity index (χ0) is 69.9. The number of nitrogens with zero attached hydrogens (tertiary/aromatic N) is 16. The number of imidazole rings is 1. The van der Waals surface area contributed by atoms with Gasteiger partial charge in [0, 0.05) is 97.8 Å². The number of hydrogen-bond donors (Lipinski definition) is 0. The molecule has 0 aliphatic heterocycles. The summed E-state index contributed by atoms with van der Waals surface area (Å²) in [6.45, 7) is 65.8. The molecule has 0 saturated heterocycles. The lowest BCUT2D eigenvalue weighted by molar-refractivity contribution is 0.448. The molecule has 0 bridgehead atoms. The second-order valence-corrected chi connectivity index (χ2v) is 21.9. The van der Waals surface area contributed by atoms with E-state index in [1.807, 2.05) is 183 Å². The Labute approximate surface area is 617 Å². The highest BCUT2D eigenvalue weighted by molar-refractivity contribution is 7.09. The third-order valence-corrected chi connectivity index (χ3v) is 12.3. The van der Waals surface area contributed by atoms with Gasteiger partial charge in [-0.05, 0) is 99.1 Å². The largest absolute Gasteiger partial charge is 0.448 e. The maximum Gasteiger partial charge on any atom is 0.219 e. The topological polar surface area (TPSA) is 209 Å². The van der Waals surface area contributed by atoms with Crippen LogP contribution in [-0.4, -0.2) is 78.6 Å². The molecule has 9 aromatic rings. The van der Waals surface area contributed by atoms with Crippen molar-refractivity contribution in [2.45, 2.75) is 342 Å². The van der Waals surface area contributed by atoms with Gasteiger partial charge in [-0.3, -0.25) is 19.3 Å². The highest BCUT2D eigenvalue weighted by Crippen LogP contribution is 2.18. The molecule has 0 saturated carbocycles. The minimum absolute atomic E-state index is 0. The van der Waals surface area contributed by atoms with Crippen LogP contribution in [0.5, 0.6) is 0 Å². The van der Waals surface area contributed by atoms with E-state index in [4.69, 9.17) is 8.83 Å². The van der Waals surface area contributed by atoms with Gasteiger partial charge in [-0.25, -0.2) is 29.9 Å². The Morgan fingerprint density at radius 1 is 0.459 bits per heavy atom. The molecule has 0 amide bonds. The van der Waals surface area contributed by atoms with Crippen molar-refractivity contribution in [3.8, 4) is 0 Å². The Kier molecular flexibility index (Phi) is 113. The van der Waals surface area contributed by atoms with Crippen molar-refractivity contribution in [1.82, 2.24) is 78.6 Å². The minimum Gasteiger partial charge on any atom is -0.448 e. The monoisotopic (exact) mass is 1420 g/mol. The van der Waals surface area contributed by atoms with Gasteiger partial charge in [0.1, 0.15) is 35.6 Å². The van der Waals surface area contributed by atoms with Gasteiger partial charge in [-0.2, -0.15) is 14.6 Å². The zero-order valence-corrected chi connectivity index (χ0v) is 63.5. The van der Waals surface area contributed by atoms with Crippen molar-refractivity contribution in [3.05, 3.63) is 161 Å². The fraction of sp³-hybridized carbons (Fsp3) is 0.654. The van der Waals surface area contributed by atoms with Crippen LogP contribution >= 0.6 is 22.9 Å². The van der Waals surface area contributed by atoms with E-state index in [0.29, 0.717) is 65.3 Å². The summed E-state index contributed by atoms with van der Waals surface area (Å²) in [4.78, 5) is 32.8. The smallest absolute Gasteiger partial charge is 0.219 e. The molecule has 0 N–H and O–H groups in total. The lowest BCUT2D eigenvalue weighted by atomic mass is 10.1. The molecule has 0 atom stereocenters. The van der Waals surface area contributed by atoms with E-state index < -0.39 is 0 Å². The molecule has 0 aliphatic carbocycles. The molecule has 0 unspecified atom stereocenters.